The third-order valence-electron chi connectivity index (χ3n) is 4.86. The predicted molar refractivity (Wildman–Crippen MR) is 109 cm³/mol. The van der Waals surface area contributed by atoms with Crippen molar-refractivity contribution < 1.29 is 8.42 Å². The molecule has 1 fully saturated rings. The van der Waals surface area contributed by atoms with Gasteiger partial charge in [-0.05, 0) is 37.1 Å². The topological polar surface area (TPSA) is 77.2 Å². The average Bonchev–Trinajstić information content (AvgIpc) is 3.27. The summed E-state index contributed by atoms with van der Waals surface area (Å²) in [6, 6.07) is 12.4. The summed E-state index contributed by atoms with van der Waals surface area (Å²) < 4.78 is 31.0. The highest BCUT2D eigenvalue weighted by Gasteiger charge is 2.34. The Labute approximate surface area is 171 Å². The van der Waals surface area contributed by atoms with E-state index in [1.54, 1.807) is 17.7 Å². The van der Waals surface area contributed by atoms with E-state index in [0.717, 1.165) is 23.4 Å². The highest BCUT2D eigenvalue weighted by Crippen LogP contribution is 2.33. The average molecular weight is 439 g/mol. The molecule has 0 bridgehead atoms. The summed E-state index contributed by atoms with van der Waals surface area (Å²) in [4.78, 5) is 12.7. The minimum Gasteiger partial charge on any atom is -0.247 e. The number of aryl methyl sites for hydroxylation is 1. The Kier molecular flexibility index (Phi) is 5.17. The van der Waals surface area contributed by atoms with E-state index in [2.05, 4.69) is 5.10 Å². The SMILES string of the molecule is Cn1nc([C@H]2CCCN(S(=O)(=O)c3ccc(Cl)s3)C2)n(-c2ccccc2)c1=O. The Balaban J connectivity index is 1.70. The fourth-order valence-corrected chi connectivity index (χ4v) is 6.66. The lowest BCUT2D eigenvalue weighted by molar-refractivity contribution is 0.307. The van der Waals surface area contributed by atoms with E-state index in [-0.39, 0.29) is 22.4 Å². The van der Waals surface area contributed by atoms with Crippen LogP contribution in [-0.2, 0) is 17.1 Å². The molecule has 0 spiro atoms. The number of hydrogen-bond acceptors (Lipinski definition) is 5. The van der Waals surface area contributed by atoms with Crippen LogP contribution in [0.4, 0.5) is 0 Å². The number of hydrogen-bond donors (Lipinski definition) is 0. The van der Waals surface area contributed by atoms with Gasteiger partial charge in [-0.25, -0.2) is 22.5 Å². The highest BCUT2D eigenvalue weighted by molar-refractivity contribution is 7.91. The summed E-state index contributed by atoms with van der Waals surface area (Å²) in [5.74, 6) is 0.413. The largest absolute Gasteiger partial charge is 0.350 e. The molecule has 0 saturated carbocycles. The Hall–Kier alpha value is -1.94. The summed E-state index contributed by atoms with van der Waals surface area (Å²) in [7, 11) is -2.01. The second-order valence-electron chi connectivity index (χ2n) is 6.70. The lowest BCUT2D eigenvalue weighted by atomic mass is 9.98. The van der Waals surface area contributed by atoms with Crippen LogP contribution in [0, 0.1) is 0 Å². The number of rotatable bonds is 4. The molecule has 2 aromatic heterocycles. The lowest BCUT2D eigenvalue weighted by Crippen LogP contribution is -2.39. The van der Waals surface area contributed by atoms with E-state index < -0.39 is 10.0 Å². The molecule has 0 N–H and O–H groups in total. The van der Waals surface area contributed by atoms with Crippen molar-refractivity contribution in [1.29, 1.82) is 0 Å². The molecule has 4 rings (SSSR count). The summed E-state index contributed by atoms with van der Waals surface area (Å²) in [6.07, 6.45) is 1.46. The first kappa shape index (κ1) is 19.4. The van der Waals surface area contributed by atoms with Crippen molar-refractivity contribution in [3.05, 3.63) is 63.1 Å². The second kappa shape index (κ2) is 7.47. The van der Waals surface area contributed by atoms with Crippen LogP contribution in [0.15, 0.2) is 51.5 Å². The fraction of sp³-hybridized carbons (Fsp3) is 0.333. The first-order chi connectivity index (χ1) is 13.4. The molecule has 3 heterocycles. The second-order valence-corrected chi connectivity index (χ2v) is 10.6. The molecule has 3 aromatic rings. The normalized spacial score (nSPS) is 18.4. The molecule has 1 aromatic carbocycles. The van der Waals surface area contributed by atoms with Crippen molar-refractivity contribution in [1.82, 2.24) is 18.7 Å². The number of sulfonamides is 1. The molecule has 28 heavy (non-hydrogen) atoms. The van der Waals surface area contributed by atoms with Crippen molar-refractivity contribution in [3.8, 4) is 5.69 Å². The minimum atomic E-state index is -3.62. The van der Waals surface area contributed by atoms with Gasteiger partial charge in [0, 0.05) is 26.1 Å². The first-order valence-corrected chi connectivity index (χ1v) is 11.5. The van der Waals surface area contributed by atoms with Gasteiger partial charge in [0.15, 0.2) is 0 Å². The number of piperidine rings is 1. The van der Waals surface area contributed by atoms with Gasteiger partial charge in [0.2, 0.25) is 0 Å². The van der Waals surface area contributed by atoms with Crippen molar-refractivity contribution >= 4 is 33.0 Å². The van der Waals surface area contributed by atoms with Crippen molar-refractivity contribution in [3.63, 3.8) is 0 Å². The quantitative estimate of drug-likeness (QED) is 0.627. The molecule has 1 aliphatic rings. The zero-order valence-electron chi connectivity index (χ0n) is 15.2. The smallest absolute Gasteiger partial charge is 0.247 e. The van der Waals surface area contributed by atoms with E-state index in [0.29, 0.717) is 23.1 Å². The molecule has 1 atom stereocenters. The van der Waals surface area contributed by atoms with E-state index in [1.807, 2.05) is 30.3 Å². The highest BCUT2D eigenvalue weighted by atomic mass is 35.5. The van der Waals surface area contributed by atoms with Crippen LogP contribution in [0.1, 0.15) is 24.6 Å². The van der Waals surface area contributed by atoms with Crippen LogP contribution in [0.5, 0.6) is 0 Å². The summed E-state index contributed by atoms with van der Waals surface area (Å²) in [5.41, 5.74) is 0.479. The van der Waals surface area contributed by atoms with Gasteiger partial charge in [-0.15, -0.1) is 11.3 Å². The molecular weight excluding hydrogens is 420 g/mol. The molecular formula is C18H19ClN4O3S2. The fourth-order valence-electron chi connectivity index (χ4n) is 3.50. The van der Waals surface area contributed by atoms with Gasteiger partial charge in [0.05, 0.1) is 10.0 Å². The molecule has 1 saturated heterocycles. The number of thiophene rings is 1. The van der Waals surface area contributed by atoms with Crippen LogP contribution >= 0.6 is 22.9 Å². The maximum atomic E-state index is 13.0. The van der Waals surface area contributed by atoms with Gasteiger partial charge < -0.3 is 0 Å². The molecule has 0 unspecified atom stereocenters. The number of halogens is 1. The lowest BCUT2D eigenvalue weighted by Gasteiger charge is -2.31. The van der Waals surface area contributed by atoms with Crippen molar-refractivity contribution in [2.24, 2.45) is 7.05 Å². The third-order valence-corrected chi connectivity index (χ3v) is 8.42. The Bertz CT molecular complexity index is 1150. The summed E-state index contributed by atoms with van der Waals surface area (Å²) in [5, 5.41) is 4.43. The zero-order valence-corrected chi connectivity index (χ0v) is 17.5. The number of benzene rings is 1. The van der Waals surface area contributed by atoms with Gasteiger partial charge in [-0.3, -0.25) is 0 Å². The maximum absolute atomic E-state index is 13.0. The molecule has 7 nitrogen and oxygen atoms in total. The van der Waals surface area contributed by atoms with Crippen LogP contribution in [0.2, 0.25) is 4.34 Å². The maximum Gasteiger partial charge on any atom is 0.350 e. The van der Waals surface area contributed by atoms with Crippen LogP contribution in [0.3, 0.4) is 0 Å². The van der Waals surface area contributed by atoms with Gasteiger partial charge in [0.1, 0.15) is 10.0 Å². The van der Waals surface area contributed by atoms with E-state index >= 15 is 0 Å². The molecule has 10 heteroatoms. The number of aromatic nitrogens is 3. The van der Waals surface area contributed by atoms with Crippen LogP contribution < -0.4 is 5.69 Å². The van der Waals surface area contributed by atoms with Crippen molar-refractivity contribution in [2.45, 2.75) is 23.0 Å². The van der Waals surface area contributed by atoms with Crippen LogP contribution in [0.25, 0.3) is 5.69 Å². The van der Waals surface area contributed by atoms with Crippen molar-refractivity contribution in [2.75, 3.05) is 13.1 Å². The van der Waals surface area contributed by atoms with E-state index in [1.165, 1.54) is 15.1 Å². The van der Waals surface area contributed by atoms with E-state index in [9.17, 15) is 13.2 Å². The number of para-hydroxylation sites is 1. The van der Waals surface area contributed by atoms with Crippen LogP contribution in [-0.4, -0.2) is 40.2 Å². The van der Waals surface area contributed by atoms with Gasteiger partial charge in [-0.2, -0.15) is 9.40 Å². The standard InChI is InChI=1S/C18H19ClN4O3S2/c1-21-18(24)23(14-7-3-2-4-8-14)17(20-21)13-6-5-11-22(12-13)28(25,26)16-10-9-15(19)27-16/h2-4,7-10,13H,5-6,11-12H2,1H3/t13-/m0/s1. The molecule has 148 valence electrons. The van der Waals surface area contributed by atoms with E-state index in [4.69, 9.17) is 11.6 Å². The molecule has 1 aliphatic heterocycles. The summed E-state index contributed by atoms with van der Waals surface area (Å²) >= 11 is 6.98. The minimum absolute atomic E-state index is 0.173. The zero-order chi connectivity index (χ0) is 19.9. The Morgan fingerprint density at radius 2 is 1.93 bits per heavy atom. The molecule has 0 radical (unpaired) electrons. The first-order valence-electron chi connectivity index (χ1n) is 8.85. The van der Waals surface area contributed by atoms with Gasteiger partial charge in [0.25, 0.3) is 10.0 Å². The Morgan fingerprint density at radius 3 is 2.61 bits per heavy atom. The molecule has 0 aliphatic carbocycles. The Morgan fingerprint density at radius 1 is 1.18 bits per heavy atom. The van der Waals surface area contributed by atoms with Gasteiger partial charge in [-0.1, -0.05) is 29.8 Å². The molecule has 0 amide bonds. The predicted octanol–water partition coefficient (Wildman–Crippen LogP) is 2.85. The summed E-state index contributed by atoms with van der Waals surface area (Å²) in [6.45, 7) is 0.720. The third kappa shape index (κ3) is 3.43. The number of nitrogens with zero attached hydrogens (tertiary/aromatic N) is 4. The van der Waals surface area contributed by atoms with Gasteiger partial charge >= 0.3 is 5.69 Å². The monoisotopic (exact) mass is 438 g/mol.